The number of sulfonamides is 1. The van der Waals surface area contributed by atoms with E-state index < -0.39 is 15.8 Å². The molecule has 3 aromatic rings. The van der Waals surface area contributed by atoms with Gasteiger partial charge in [-0.2, -0.15) is 10.5 Å². The van der Waals surface area contributed by atoms with E-state index in [1.54, 1.807) is 24.3 Å². The lowest BCUT2D eigenvalue weighted by molar-refractivity contribution is 0.607. The lowest BCUT2D eigenvalue weighted by Gasteiger charge is -2.13. The highest BCUT2D eigenvalue weighted by atomic mass is 32.2. The fraction of sp³-hybridized carbons (Fsp3) is 0.0952. The Morgan fingerprint density at radius 3 is 2.42 bits per heavy atom. The van der Waals surface area contributed by atoms with Crippen molar-refractivity contribution >= 4 is 33.3 Å². The number of anilines is 2. The fourth-order valence-electron chi connectivity index (χ4n) is 2.90. The van der Waals surface area contributed by atoms with Crippen LogP contribution >= 0.6 is 11.8 Å². The van der Waals surface area contributed by atoms with Crippen LogP contribution in [-0.2, 0) is 15.8 Å². The molecule has 2 aromatic carbocycles. The van der Waals surface area contributed by atoms with Crippen molar-refractivity contribution < 1.29 is 12.8 Å². The Morgan fingerprint density at radius 1 is 1.13 bits per heavy atom. The Bertz CT molecular complexity index is 1330. The number of nitrogens with two attached hydrogens (primary N) is 1. The van der Waals surface area contributed by atoms with E-state index in [2.05, 4.69) is 15.8 Å². The van der Waals surface area contributed by atoms with Crippen LogP contribution in [0.1, 0.15) is 16.7 Å². The third-order valence-electron chi connectivity index (χ3n) is 4.15. The smallest absolute Gasteiger partial charge is 0.229 e. The minimum Gasteiger partial charge on any atom is -0.383 e. The van der Waals surface area contributed by atoms with Crippen LogP contribution < -0.4 is 10.5 Å². The van der Waals surface area contributed by atoms with Crippen LogP contribution in [0.15, 0.2) is 53.6 Å². The first-order valence-corrected chi connectivity index (χ1v) is 11.7. The summed E-state index contributed by atoms with van der Waals surface area (Å²) in [5.41, 5.74) is 8.17. The Kier molecular flexibility index (Phi) is 6.44. The normalized spacial score (nSPS) is 10.8. The van der Waals surface area contributed by atoms with E-state index in [-0.39, 0.29) is 16.9 Å². The molecule has 0 aliphatic heterocycles. The zero-order valence-electron chi connectivity index (χ0n) is 16.3. The summed E-state index contributed by atoms with van der Waals surface area (Å²) >= 11 is 1.22. The molecule has 0 spiro atoms. The van der Waals surface area contributed by atoms with Gasteiger partial charge >= 0.3 is 0 Å². The maximum absolute atomic E-state index is 13.4. The molecular weight excluding hydrogens is 437 g/mol. The number of thioether (sulfide) groups is 1. The van der Waals surface area contributed by atoms with E-state index in [9.17, 15) is 23.3 Å². The van der Waals surface area contributed by atoms with Gasteiger partial charge in [-0.15, -0.1) is 11.8 Å². The Morgan fingerprint density at radius 2 is 1.81 bits per heavy atom. The van der Waals surface area contributed by atoms with Crippen LogP contribution in [0.4, 0.5) is 15.9 Å². The molecule has 0 bridgehead atoms. The van der Waals surface area contributed by atoms with Gasteiger partial charge in [0.05, 0.1) is 11.8 Å². The second kappa shape index (κ2) is 9.04. The molecule has 0 saturated carbocycles. The highest BCUT2D eigenvalue weighted by molar-refractivity contribution is 7.98. The van der Waals surface area contributed by atoms with E-state index in [1.165, 1.54) is 36.0 Å². The molecule has 0 unspecified atom stereocenters. The molecular formula is C21H16FN5O2S2. The van der Waals surface area contributed by atoms with Crippen molar-refractivity contribution in [1.29, 1.82) is 10.5 Å². The average molecular weight is 454 g/mol. The number of nitrogens with zero attached hydrogens (tertiary/aromatic N) is 3. The quantitative estimate of drug-likeness (QED) is 0.541. The molecule has 31 heavy (non-hydrogen) atoms. The first-order valence-electron chi connectivity index (χ1n) is 8.81. The molecule has 1 heterocycles. The highest BCUT2D eigenvalue weighted by Crippen LogP contribution is 2.36. The van der Waals surface area contributed by atoms with Gasteiger partial charge in [0.2, 0.25) is 10.0 Å². The van der Waals surface area contributed by atoms with Crippen molar-refractivity contribution in [2.24, 2.45) is 0 Å². The van der Waals surface area contributed by atoms with Gasteiger partial charge in [0.15, 0.2) is 0 Å². The second-order valence-corrected chi connectivity index (χ2v) is 9.23. The molecule has 0 radical (unpaired) electrons. The summed E-state index contributed by atoms with van der Waals surface area (Å²) in [4.78, 5) is 4.23. The van der Waals surface area contributed by atoms with Crippen LogP contribution in [0.3, 0.4) is 0 Å². The predicted octanol–water partition coefficient (Wildman–Crippen LogP) is 3.88. The van der Waals surface area contributed by atoms with E-state index in [1.807, 2.05) is 6.07 Å². The molecule has 0 atom stereocenters. The summed E-state index contributed by atoms with van der Waals surface area (Å²) < 4.78 is 38.6. The number of rotatable bonds is 6. The van der Waals surface area contributed by atoms with Crippen molar-refractivity contribution in [2.75, 3.05) is 16.7 Å². The Balaban J connectivity index is 2.00. The van der Waals surface area contributed by atoms with Crippen molar-refractivity contribution in [3.8, 4) is 23.3 Å². The number of hydrogen-bond donors (Lipinski definition) is 2. The predicted molar refractivity (Wildman–Crippen MR) is 118 cm³/mol. The molecule has 156 valence electrons. The van der Waals surface area contributed by atoms with Crippen molar-refractivity contribution in [3.63, 3.8) is 0 Å². The molecule has 0 amide bonds. The molecule has 0 aliphatic rings. The van der Waals surface area contributed by atoms with Crippen molar-refractivity contribution in [3.05, 3.63) is 71.0 Å². The van der Waals surface area contributed by atoms with E-state index in [4.69, 9.17) is 5.73 Å². The molecule has 7 nitrogen and oxygen atoms in total. The topological polar surface area (TPSA) is 133 Å². The molecule has 1 aromatic heterocycles. The summed E-state index contributed by atoms with van der Waals surface area (Å²) in [5, 5.41) is 19.7. The molecule has 0 saturated heterocycles. The zero-order valence-corrected chi connectivity index (χ0v) is 17.9. The van der Waals surface area contributed by atoms with E-state index in [0.717, 1.165) is 11.8 Å². The number of nitrogen functional groups attached to an aromatic ring is 1. The largest absolute Gasteiger partial charge is 0.383 e. The van der Waals surface area contributed by atoms with Gasteiger partial charge in [0.25, 0.3) is 0 Å². The van der Waals surface area contributed by atoms with Crippen LogP contribution in [0.5, 0.6) is 0 Å². The summed E-state index contributed by atoms with van der Waals surface area (Å²) in [5.74, 6) is -0.106. The lowest BCUT2D eigenvalue weighted by atomic mass is 9.97. The van der Waals surface area contributed by atoms with Gasteiger partial charge in [0.1, 0.15) is 34.4 Å². The summed E-state index contributed by atoms with van der Waals surface area (Å²) in [6.07, 6.45) is 1.06. The summed E-state index contributed by atoms with van der Waals surface area (Å²) in [7, 11) is -3.41. The van der Waals surface area contributed by atoms with Gasteiger partial charge in [-0.3, -0.25) is 4.72 Å². The molecule has 0 aliphatic carbocycles. The van der Waals surface area contributed by atoms with Crippen LogP contribution in [0, 0.1) is 28.5 Å². The van der Waals surface area contributed by atoms with Crippen LogP contribution in [0.25, 0.3) is 11.1 Å². The average Bonchev–Trinajstić information content (AvgIpc) is 2.71. The molecule has 0 fully saturated rings. The van der Waals surface area contributed by atoms with Crippen LogP contribution in [-0.4, -0.2) is 19.7 Å². The maximum atomic E-state index is 13.4. The van der Waals surface area contributed by atoms with Gasteiger partial charge in [-0.25, -0.2) is 17.8 Å². The zero-order chi connectivity index (χ0) is 22.6. The van der Waals surface area contributed by atoms with Gasteiger partial charge in [-0.1, -0.05) is 24.3 Å². The van der Waals surface area contributed by atoms with Gasteiger partial charge in [-0.05, 0) is 35.4 Å². The molecule has 3 N–H and O–H groups in total. The highest BCUT2D eigenvalue weighted by Gasteiger charge is 2.20. The maximum Gasteiger partial charge on any atom is 0.229 e. The fourth-order valence-corrected chi connectivity index (χ4v) is 4.39. The number of nitriles is 2. The number of aromatic nitrogens is 1. The number of halogens is 1. The minimum atomic E-state index is -3.41. The lowest BCUT2D eigenvalue weighted by Crippen LogP contribution is -2.09. The van der Waals surface area contributed by atoms with Crippen LogP contribution in [0.2, 0.25) is 0 Å². The Labute approximate surface area is 183 Å². The summed E-state index contributed by atoms with van der Waals surface area (Å²) in [6.45, 7) is 0. The van der Waals surface area contributed by atoms with Gasteiger partial charge in [0, 0.05) is 17.0 Å². The van der Waals surface area contributed by atoms with E-state index in [0.29, 0.717) is 27.6 Å². The number of hydrogen-bond acceptors (Lipinski definition) is 7. The Hall–Kier alpha value is -3.60. The standard InChI is InChI=1S/C21H16FN5O2S2/c1-31(28,29)27-16-4-2-3-13(9-16)12-30-21-18(11-24)19(17(10-23)20(25)26-21)14-5-7-15(22)8-6-14/h2-9,27H,12H2,1H3,(H2,25,26). The third-order valence-corrected chi connectivity index (χ3v) is 5.81. The molecule has 3 rings (SSSR count). The molecule has 10 heteroatoms. The van der Waals surface area contributed by atoms with Crippen molar-refractivity contribution in [1.82, 2.24) is 4.98 Å². The number of pyridine rings is 1. The first kappa shape index (κ1) is 22.1. The third kappa shape index (κ3) is 5.31. The minimum absolute atomic E-state index is 0.0316. The van der Waals surface area contributed by atoms with E-state index >= 15 is 0 Å². The number of nitrogens with one attached hydrogen (secondary N) is 1. The number of benzene rings is 2. The SMILES string of the molecule is CS(=O)(=O)Nc1cccc(CSc2nc(N)c(C#N)c(-c3ccc(F)cc3)c2C#N)c1. The second-order valence-electron chi connectivity index (χ2n) is 6.52. The van der Waals surface area contributed by atoms with Crippen molar-refractivity contribution in [2.45, 2.75) is 10.8 Å². The summed E-state index contributed by atoms with van der Waals surface area (Å²) in [6, 6.07) is 16.3. The monoisotopic (exact) mass is 453 g/mol. The first-order chi connectivity index (χ1) is 14.7. The van der Waals surface area contributed by atoms with Gasteiger partial charge < -0.3 is 5.73 Å².